The highest BCUT2D eigenvalue weighted by Crippen LogP contribution is 2.34. The van der Waals surface area contributed by atoms with Crippen LogP contribution in [0, 0.1) is 24.6 Å². The number of benzene rings is 1. The fourth-order valence-electron chi connectivity index (χ4n) is 3.86. The molecule has 40 heavy (non-hydrogen) atoms. The molecule has 15 heteroatoms. The van der Waals surface area contributed by atoms with E-state index in [9.17, 15) is 37.1 Å². The fraction of sp³-hybridized carbons (Fsp3) is 0.200. The number of amides is 4. The number of aryl methyl sites for hydroxylation is 1. The summed E-state index contributed by atoms with van der Waals surface area (Å²) in [6, 6.07) is 5.97. The number of rotatable bonds is 4. The van der Waals surface area contributed by atoms with E-state index in [0.717, 1.165) is 23.1 Å². The van der Waals surface area contributed by atoms with Crippen molar-refractivity contribution in [2.45, 2.75) is 19.1 Å². The molecule has 0 aliphatic carbocycles. The summed E-state index contributed by atoms with van der Waals surface area (Å²) >= 11 is 0. The smallest absolute Gasteiger partial charge is 0.416 e. The lowest BCUT2D eigenvalue weighted by molar-refractivity contribution is -0.137. The zero-order chi connectivity index (χ0) is 29.2. The van der Waals surface area contributed by atoms with Crippen molar-refractivity contribution in [1.29, 1.82) is 0 Å². The van der Waals surface area contributed by atoms with Gasteiger partial charge in [-0.15, -0.1) is 10.2 Å². The van der Waals surface area contributed by atoms with Crippen LogP contribution >= 0.6 is 0 Å². The molecule has 1 aromatic carbocycles. The Hall–Kier alpha value is -5.26. The number of nitrogen functional groups attached to an aromatic ring is 1. The monoisotopic (exact) mass is 557 g/mol. The van der Waals surface area contributed by atoms with E-state index in [0.29, 0.717) is 15.9 Å². The van der Waals surface area contributed by atoms with Crippen molar-refractivity contribution in [3.63, 3.8) is 0 Å². The molecule has 1 fully saturated rings. The number of nitrogens with zero attached hydrogens (tertiary/aromatic N) is 6. The first-order valence-electron chi connectivity index (χ1n) is 11.4. The molecule has 0 radical (unpaired) electrons. The molecule has 11 nitrogen and oxygen atoms in total. The van der Waals surface area contributed by atoms with Gasteiger partial charge in [0.1, 0.15) is 29.2 Å². The van der Waals surface area contributed by atoms with E-state index in [1.807, 2.05) is 0 Å². The molecule has 1 aliphatic rings. The summed E-state index contributed by atoms with van der Waals surface area (Å²) < 4.78 is 54.1. The van der Waals surface area contributed by atoms with E-state index in [2.05, 4.69) is 27.0 Å². The van der Waals surface area contributed by atoms with Crippen LogP contribution in [0.4, 0.5) is 44.5 Å². The zero-order valence-corrected chi connectivity index (χ0v) is 20.6. The van der Waals surface area contributed by atoms with Gasteiger partial charge in [-0.1, -0.05) is 5.92 Å². The van der Waals surface area contributed by atoms with E-state index in [4.69, 9.17) is 5.73 Å². The van der Waals surface area contributed by atoms with Gasteiger partial charge in [-0.3, -0.25) is 14.6 Å². The van der Waals surface area contributed by atoms with Gasteiger partial charge in [0.05, 0.1) is 18.7 Å². The van der Waals surface area contributed by atoms with Crippen LogP contribution in [0.2, 0.25) is 0 Å². The van der Waals surface area contributed by atoms with Gasteiger partial charge in [0.15, 0.2) is 0 Å². The molecule has 3 heterocycles. The summed E-state index contributed by atoms with van der Waals surface area (Å²) in [7, 11) is 0. The van der Waals surface area contributed by atoms with Crippen molar-refractivity contribution >= 4 is 35.4 Å². The quantitative estimate of drug-likeness (QED) is 0.367. The number of alkyl halides is 3. The third kappa shape index (κ3) is 5.90. The second kappa shape index (κ2) is 10.8. The van der Waals surface area contributed by atoms with Gasteiger partial charge in [0.25, 0.3) is 5.91 Å². The van der Waals surface area contributed by atoms with Crippen molar-refractivity contribution < 1.29 is 37.1 Å². The number of carbonyl (C=O) groups is 3. The summed E-state index contributed by atoms with van der Waals surface area (Å²) in [6.07, 6.45) is -6.53. The van der Waals surface area contributed by atoms with Crippen LogP contribution in [0.5, 0.6) is 0 Å². The number of urea groups is 1. The molecule has 1 unspecified atom stereocenters. The Morgan fingerprint density at radius 3 is 2.45 bits per heavy atom. The number of imide groups is 1. The number of anilines is 3. The SMILES string of the molecule is Cc1cc(C(F)(F)F)cc(N2C(=O)N(C(=O)O)CC2C(=O)N(CC#Cc2ccc(N)nn2)c2ccc(F)cc2)n1. The number of carboxylic acid groups (broad SMARTS) is 1. The number of carbonyl (C=O) groups excluding carboxylic acids is 2. The van der Waals surface area contributed by atoms with Gasteiger partial charge in [-0.2, -0.15) is 13.2 Å². The highest BCUT2D eigenvalue weighted by Gasteiger charge is 2.48. The minimum Gasteiger partial charge on any atom is -0.465 e. The van der Waals surface area contributed by atoms with Crippen LogP contribution in [0.25, 0.3) is 0 Å². The maximum Gasteiger partial charge on any atom is 0.416 e. The molecule has 206 valence electrons. The summed E-state index contributed by atoms with van der Waals surface area (Å²) in [5.74, 6) is 3.43. The Bertz CT molecular complexity index is 1520. The maximum absolute atomic E-state index is 13.8. The van der Waals surface area contributed by atoms with Crippen LogP contribution in [0.1, 0.15) is 17.0 Å². The van der Waals surface area contributed by atoms with Crippen molar-refractivity contribution in [1.82, 2.24) is 20.1 Å². The molecule has 2 aromatic heterocycles. The van der Waals surface area contributed by atoms with E-state index >= 15 is 0 Å². The number of nitrogens with two attached hydrogens (primary N) is 1. The molecular weight excluding hydrogens is 538 g/mol. The number of hydrogen-bond acceptors (Lipinski definition) is 7. The van der Waals surface area contributed by atoms with Crippen LogP contribution in [0.3, 0.4) is 0 Å². The third-order valence-corrected chi connectivity index (χ3v) is 5.68. The van der Waals surface area contributed by atoms with Gasteiger partial charge >= 0.3 is 18.3 Å². The van der Waals surface area contributed by atoms with E-state index in [1.54, 1.807) is 0 Å². The van der Waals surface area contributed by atoms with Gasteiger partial charge in [-0.25, -0.2) is 23.9 Å². The molecule has 1 saturated heterocycles. The normalized spacial score (nSPS) is 15.0. The topological polar surface area (TPSA) is 146 Å². The number of hydrogen-bond donors (Lipinski definition) is 2. The fourth-order valence-corrected chi connectivity index (χ4v) is 3.86. The standard InChI is InChI=1S/C25H19F4N7O4/c1-14-11-15(25(27,28)29)12-21(31-14)36-19(13-35(23(36)38)24(39)40)22(37)34(18-7-4-16(26)5-8-18)10-2-3-17-6-9-20(30)33-32-17/h4-9,11-12,19H,10,13H2,1H3,(H2,30,33)(H,39,40). The minimum atomic E-state index is -4.81. The van der Waals surface area contributed by atoms with E-state index in [-0.39, 0.29) is 29.4 Å². The molecule has 0 spiro atoms. The Morgan fingerprint density at radius 2 is 1.85 bits per heavy atom. The largest absolute Gasteiger partial charge is 0.465 e. The summed E-state index contributed by atoms with van der Waals surface area (Å²) in [5, 5.41) is 17.0. The first-order valence-corrected chi connectivity index (χ1v) is 11.4. The summed E-state index contributed by atoms with van der Waals surface area (Å²) in [4.78, 5) is 44.5. The Kier molecular flexibility index (Phi) is 7.53. The molecule has 4 rings (SSSR count). The molecular formula is C25H19F4N7O4. The zero-order valence-electron chi connectivity index (χ0n) is 20.6. The number of aromatic nitrogens is 3. The first kappa shape index (κ1) is 27.8. The minimum absolute atomic E-state index is 0.122. The van der Waals surface area contributed by atoms with Crippen LogP contribution in [-0.2, 0) is 11.0 Å². The Balaban J connectivity index is 1.76. The molecule has 3 aromatic rings. The van der Waals surface area contributed by atoms with Crippen LogP contribution in [-0.4, -0.2) is 62.4 Å². The van der Waals surface area contributed by atoms with Gasteiger partial charge in [-0.05, 0) is 61.4 Å². The average Bonchev–Trinajstić information content (AvgIpc) is 3.24. The van der Waals surface area contributed by atoms with E-state index < -0.39 is 54.0 Å². The van der Waals surface area contributed by atoms with Gasteiger partial charge in [0, 0.05) is 11.4 Å². The number of halogens is 4. The summed E-state index contributed by atoms with van der Waals surface area (Å²) in [6.45, 7) is 0.196. The maximum atomic E-state index is 13.8. The highest BCUT2D eigenvalue weighted by molar-refractivity contribution is 6.11. The average molecular weight is 557 g/mol. The Labute approximate surface area is 223 Å². The molecule has 1 atom stereocenters. The second-order valence-corrected chi connectivity index (χ2v) is 8.46. The predicted octanol–water partition coefficient (Wildman–Crippen LogP) is 3.29. The Morgan fingerprint density at radius 1 is 1.15 bits per heavy atom. The molecule has 1 aliphatic heterocycles. The summed E-state index contributed by atoms with van der Waals surface area (Å²) in [5.41, 5.74) is 4.56. The molecule has 0 saturated carbocycles. The number of pyridine rings is 1. The first-order chi connectivity index (χ1) is 18.8. The van der Waals surface area contributed by atoms with Crippen LogP contribution < -0.4 is 15.5 Å². The lowest BCUT2D eigenvalue weighted by atomic mass is 10.1. The highest BCUT2D eigenvalue weighted by atomic mass is 19.4. The van der Waals surface area contributed by atoms with Gasteiger partial charge < -0.3 is 10.8 Å². The van der Waals surface area contributed by atoms with Crippen molar-refractivity contribution in [3.8, 4) is 11.8 Å². The lowest BCUT2D eigenvalue weighted by Gasteiger charge is -2.28. The van der Waals surface area contributed by atoms with Crippen molar-refractivity contribution in [2.75, 3.05) is 28.6 Å². The van der Waals surface area contributed by atoms with E-state index in [1.165, 1.54) is 31.2 Å². The van der Waals surface area contributed by atoms with Crippen molar-refractivity contribution in [3.05, 3.63) is 71.3 Å². The van der Waals surface area contributed by atoms with Gasteiger partial charge in [0.2, 0.25) is 0 Å². The predicted molar refractivity (Wildman–Crippen MR) is 132 cm³/mol. The van der Waals surface area contributed by atoms with Crippen LogP contribution in [0.15, 0.2) is 48.5 Å². The van der Waals surface area contributed by atoms with Crippen molar-refractivity contribution in [2.24, 2.45) is 0 Å². The third-order valence-electron chi connectivity index (χ3n) is 5.68. The lowest BCUT2D eigenvalue weighted by Crippen LogP contribution is -2.48. The molecule has 0 bridgehead atoms. The molecule has 3 N–H and O–H groups in total. The second-order valence-electron chi connectivity index (χ2n) is 8.46. The molecule has 4 amide bonds.